The maximum absolute atomic E-state index is 11.1. The highest BCUT2D eigenvalue weighted by Crippen LogP contribution is 2.30. The maximum Gasteiger partial charge on any atom is 0.220 e. The maximum atomic E-state index is 11.1. The molecule has 0 spiro atoms. The summed E-state index contributed by atoms with van der Waals surface area (Å²) in [5.41, 5.74) is 6.64. The van der Waals surface area contributed by atoms with Crippen LogP contribution < -0.4 is 15.8 Å². The Morgan fingerprint density at radius 1 is 1.59 bits per heavy atom. The van der Waals surface area contributed by atoms with E-state index in [1.54, 1.807) is 18.9 Å². The molecule has 3 N–H and O–H groups in total. The van der Waals surface area contributed by atoms with Gasteiger partial charge in [0, 0.05) is 28.8 Å². The molecule has 0 saturated carbocycles. The van der Waals surface area contributed by atoms with Crippen LogP contribution in [-0.4, -0.2) is 24.8 Å². The first kappa shape index (κ1) is 12.1. The second-order valence-electron chi connectivity index (χ2n) is 4.02. The quantitative estimate of drug-likeness (QED) is 0.631. The van der Waals surface area contributed by atoms with E-state index in [9.17, 15) is 4.79 Å². The Hall–Kier alpha value is -1.36. The largest absolute Gasteiger partial charge is 0.497 e. The monoisotopic (exact) mass is 252 g/mol. The summed E-state index contributed by atoms with van der Waals surface area (Å²) < 4.78 is 5.16. The van der Waals surface area contributed by atoms with E-state index in [2.05, 4.69) is 5.32 Å². The fraction of sp³-hybridized carbons (Fsp3) is 0.417. The smallest absolute Gasteiger partial charge is 0.220 e. The summed E-state index contributed by atoms with van der Waals surface area (Å²) in [5.74, 6) is 1.80. The molecule has 1 aromatic rings. The van der Waals surface area contributed by atoms with Crippen LogP contribution in [-0.2, 0) is 4.79 Å². The molecule has 2 rings (SSSR count). The number of nitrogens with one attached hydrogen (secondary N) is 1. The number of thioether (sulfide) groups is 1. The van der Waals surface area contributed by atoms with E-state index in [0.717, 1.165) is 28.5 Å². The fourth-order valence-corrected chi connectivity index (χ4v) is 2.82. The third-order valence-electron chi connectivity index (χ3n) is 2.75. The highest BCUT2D eigenvalue weighted by molar-refractivity contribution is 7.99. The molecular weight excluding hydrogens is 236 g/mol. The first-order chi connectivity index (χ1) is 8.19. The van der Waals surface area contributed by atoms with Crippen molar-refractivity contribution < 1.29 is 9.53 Å². The van der Waals surface area contributed by atoms with E-state index in [0.29, 0.717) is 6.42 Å². The van der Waals surface area contributed by atoms with Gasteiger partial charge in [0.25, 0.3) is 0 Å². The zero-order valence-electron chi connectivity index (χ0n) is 9.73. The molecular formula is C12H16N2O2S. The summed E-state index contributed by atoms with van der Waals surface area (Å²) in [4.78, 5) is 12.1. The molecule has 5 heteroatoms. The van der Waals surface area contributed by atoms with Crippen LogP contribution in [0, 0.1) is 0 Å². The third kappa shape index (κ3) is 3.06. The third-order valence-corrected chi connectivity index (χ3v) is 3.98. The zero-order valence-corrected chi connectivity index (χ0v) is 10.5. The van der Waals surface area contributed by atoms with Gasteiger partial charge in [0.2, 0.25) is 5.91 Å². The minimum absolute atomic E-state index is 0.147. The molecule has 1 amide bonds. The van der Waals surface area contributed by atoms with Gasteiger partial charge in [-0.05, 0) is 24.6 Å². The Labute approximate surface area is 105 Å². The Balaban J connectivity index is 1.96. The van der Waals surface area contributed by atoms with Gasteiger partial charge in [-0.15, -0.1) is 11.8 Å². The van der Waals surface area contributed by atoms with Gasteiger partial charge in [-0.2, -0.15) is 0 Å². The summed E-state index contributed by atoms with van der Waals surface area (Å²) in [6.45, 7) is 0. The normalized spacial score (nSPS) is 19.1. The van der Waals surface area contributed by atoms with Crippen molar-refractivity contribution in [2.24, 2.45) is 0 Å². The number of amides is 1. The first-order valence-corrected chi connectivity index (χ1v) is 6.53. The van der Waals surface area contributed by atoms with E-state index in [-0.39, 0.29) is 11.9 Å². The first-order valence-electron chi connectivity index (χ1n) is 5.54. The van der Waals surface area contributed by atoms with Gasteiger partial charge >= 0.3 is 0 Å². The topological polar surface area (TPSA) is 64.3 Å². The molecule has 1 saturated heterocycles. The fourth-order valence-electron chi connectivity index (χ4n) is 1.76. The lowest BCUT2D eigenvalue weighted by Gasteiger charge is -2.11. The molecule has 0 aromatic heterocycles. The molecule has 0 radical (unpaired) electrons. The second-order valence-corrected chi connectivity index (χ2v) is 5.08. The summed E-state index contributed by atoms with van der Waals surface area (Å²) in [6, 6.07) is 5.88. The molecule has 1 atom stereocenters. The molecule has 1 fully saturated rings. The number of carbonyl (C=O) groups excluding carboxylic acids is 1. The van der Waals surface area contributed by atoms with Crippen molar-refractivity contribution in [2.75, 3.05) is 18.6 Å². The number of anilines is 1. The molecule has 0 bridgehead atoms. The number of methoxy groups -OCH3 is 1. The molecule has 1 heterocycles. The molecule has 0 aliphatic carbocycles. The standard InChI is InChI=1S/C12H16N2O2S/c1-16-9-3-4-10(13)11(6-9)17-7-8-2-5-12(15)14-8/h3-4,6,8H,2,5,7,13H2,1H3,(H,14,15). The lowest BCUT2D eigenvalue weighted by Crippen LogP contribution is -2.27. The molecule has 17 heavy (non-hydrogen) atoms. The van der Waals surface area contributed by atoms with Crippen molar-refractivity contribution >= 4 is 23.4 Å². The van der Waals surface area contributed by atoms with E-state index < -0.39 is 0 Å². The number of carbonyl (C=O) groups is 1. The Kier molecular flexibility index (Phi) is 3.78. The van der Waals surface area contributed by atoms with E-state index >= 15 is 0 Å². The van der Waals surface area contributed by atoms with Crippen LogP contribution in [0.3, 0.4) is 0 Å². The molecule has 1 unspecified atom stereocenters. The average Bonchev–Trinajstić information content (AvgIpc) is 2.74. The highest BCUT2D eigenvalue weighted by atomic mass is 32.2. The van der Waals surface area contributed by atoms with Gasteiger partial charge < -0.3 is 15.8 Å². The van der Waals surface area contributed by atoms with Crippen LogP contribution in [0.15, 0.2) is 23.1 Å². The Morgan fingerprint density at radius 3 is 3.06 bits per heavy atom. The van der Waals surface area contributed by atoms with Crippen LogP contribution in [0.5, 0.6) is 5.75 Å². The Bertz CT molecular complexity index is 423. The van der Waals surface area contributed by atoms with Crippen molar-refractivity contribution in [1.29, 1.82) is 0 Å². The van der Waals surface area contributed by atoms with Gasteiger partial charge in [-0.25, -0.2) is 0 Å². The minimum atomic E-state index is 0.147. The summed E-state index contributed by atoms with van der Waals surface area (Å²) >= 11 is 1.66. The van der Waals surface area contributed by atoms with Crippen LogP contribution in [0.2, 0.25) is 0 Å². The van der Waals surface area contributed by atoms with Gasteiger partial charge in [0.05, 0.1) is 7.11 Å². The minimum Gasteiger partial charge on any atom is -0.497 e. The van der Waals surface area contributed by atoms with E-state index in [1.807, 2.05) is 18.2 Å². The number of rotatable bonds is 4. The second kappa shape index (κ2) is 5.31. The van der Waals surface area contributed by atoms with Gasteiger partial charge in [0.15, 0.2) is 0 Å². The zero-order chi connectivity index (χ0) is 12.3. The predicted octanol–water partition coefficient (Wildman–Crippen LogP) is 1.65. The van der Waals surface area contributed by atoms with Crippen LogP contribution in [0.1, 0.15) is 12.8 Å². The summed E-state index contributed by atoms with van der Waals surface area (Å²) in [6.07, 6.45) is 1.55. The molecule has 1 aromatic carbocycles. The van der Waals surface area contributed by atoms with E-state index in [4.69, 9.17) is 10.5 Å². The number of benzene rings is 1. The van der Waals surface area contributed by atoms with Gasteiger partial charge in [0.1, 0.15) is 5.75 Å². The number of nitrogen functional groups attached to an aromatic ring is 1. The number of hydrogen-bond donors (Lipinski definition) is 2. The van der Waals surface area contributed by atoms with Gasteiger partial charge in [-0.1, -0.05) is 0 Å². The number of ether oxygens (including phenoxy) is 1. The highest BCUT2D eigenvalue weighted by Gasteiger charge is 2.20. The number of nitrogens with two attached hydrogens (primary N) is 1. The van der Waals surface area contributed by atoms with Crippen molar-refractivity contribution in [2.45, 2.75) is 23.8 Å². The van der Waals surface area contributed by atoms with Crippen LogP contribution in [0.25, 0.3) is 0 Å². The van der Waals surface area contributed by atoms with Crippen molar-refractivity contribution in [3.63, 3.8) is 0 Å². The Morgan fingerprint density at radius 2 is 2.41 bits per heavy atom. The summed E-state index contributed by atoms with van der Waals surface area (Å²) in [7, 11) is 1.64. The molecule has 1 aliphatic heterocycles. The van der Waals surface area contributed by atoms with Crippen molar-refractivity contribution in [3.05, 3.63) is 18.2 Å². The summed E-state index contributed by atoms with van der Waals surface area (Å²) in [5, 5.41) is 2.94. The SMILES string of the molecule is COc1ccc(N)c(SCC2CCC(=O)N2)c1. The van der Waals surface area contributed by atoms with Crippen molar-refractivity contribution in [1.82, 2.24) is 5.32 Å². The van der Waals surface area contributed by atoms with Gasteiger partial charge in [-0.3, -0.25) is 4.79 Å². The number of hydrogen-bond acceptors (Lipinski definition) is 4. The van der Waals surface area contributed by atoms with Crippen molar-refractivity contribution in [3.8, 4) is 5.75 Å². The lowest BCUT2D eigenvalue weighted by molar-refractivity contribution is -0.119. The van der Waals surface area contributed by atoms with E-state index in [1.165, 1.54) is 0 Å². The average molecular weight is 252 g/mol. The lowest BCUT2D eigenvalue weighted by atomic mass is 10.2. The molecule has 1 aliphatic rings. The van der Waals surface area contributed by atoms with Crippen LogP contribution in [0.4, 0.5) is 5.69 Å². The molecule has 4 nitrogen and oxygen atoms in total. The van der Waals surface area contributed by atoms with Crippen LogP contribution >= 0.6 is 11.8 Å². The predicted molar refractivity (Wildman–Crippen MR) is 69.3 cm³/mol. The molecule has 92 valence electrons.